The van der Waals surface area contributed by atoms with E-state index in [9.17, 15) is 4.79 Å². The standard InChI is InChI=1S/C16H17NO4S/c1-20-13-6-2-5-12(11-13)16(14-7-4-10-22-14)17-21-9-3-8-15(18)19/h2,4-7,10-11H,3,8-9H2,1H3,(H,18,19)/b17-16+. The van der Waals surface area contributed by atoms with Crippen LogP contribution in [0.2, 0.25) is 0 Å². The van der Waals surface area contributed by atoms with Gasteiger partial charge in [0.25, 0.3) is 0 Å². The summed E-state index contributed by atoms with van der Waals surface area (Å²) in [6, 6.07) is 11.5. The Morgan fingerprint density at radius 3 is 2.86 bits per heavy atom. The number of ether oxygens (including phenoxy) is 1. The van der Waals surface area contributed by atoms with E-state index in [4.69, 9.17) is 14.7 Å². The van der Waals surface area contributed by atoms with Gasteiger partial charge in [-0.25, -0.2) is 0 Å². The highest BCUT2D eigenvalue weighted by Gasteiger charge is 2.10. The second kappa shape index (κ2) is 8.19. The molecule has 0 unspecified atom stereocenters. The van der Waals surface area contributed by atoms with Gasteiger partial charge in [-0.1, -0.05) is 23.4 Å². The molecule has 0 radical (unpaired) electrons. The number of carboxylic acids is 1. The summed E-state index contributed by atoms with van der Waals surface area (Å²) in [5.74, 6) is -0.0912. The van der Waals surface area contributed by atoms with E-state index in [1.807, 2.05) is 41.8 Å². The molecule has 116 valence electrons. The van der Waals surface area contributed by atoms with Gasteiger partial charge in [0.15, 0.2) is 0 Å². The average Bonchev–Trinajstić information content (AvgIpc) is 3.04. The van der Waals surface area contributed by atoms with Crippen LogP contribution in [-0.2, 0) is 9.63 Å². The Kier molecular flexibility index (Phi) is 5.97. The quantitative estimate of drug-likeness (QED) is 0.460. The molecule has 0 aliphatic rings. The lowest BCUT2D eigenvalue weighted by Gasteiger charge is -2.07. The Bertz CT molecular complexity index is 637. The smallest absolute Gasteiger partial charge is 0.303 e. The second-order valence-corrected chi connectivity index (χ2v) is 5.43. The molecule has 0 fully saturated rings. The maximum Gasteiger partial charge on any atom is 0.303 e. The van der Waals surface area contributed by atoms with Crippen LogP contribution in [0.4, 0.5) is 0 Å². The van der Waals surface area contributed by atoms with Gasteiger partial charge in [0, 0.05) is 12.0 Å². The first kappa shape index (κ1) is 16.0. The number of thiophene rings is 1. The first-order chi connectivity index (χ1) is 10.7. The lowest BCUT2D eigenvalue weighted by atomic mass is 10.1. The fraction of sp³-hybridized carbons (Fsp3) is 0.250. The maximum absolute atomic E-state index is 10.5. The maximum atomic E-state index is 10.5. The molecular formula is C16H17NO4S. The Morgan fingerprint density at radius 2 is 2.18 bits per heavy atom. The summed E-state index contributed by atoms with van der Waals surface area (Å²) in [6.07, 6.45) is 0.498. The highest BCUT2D eigenvalue weighted by Crippen LogP contribution is 2.20. The van der Waals surface area contributed by atoms with Crippen molar-refractivity contribution in [2.75, 3.05) is 13.7 Å². The molecule has 1 aromatic carbocycles. The van der Waals surface area contributed by atoms with E-state index in [0.717, 1.165) is 16.2 Å². The summed E-state index contributed by atoms with van der Waals surface area (Å²) >= 11 is 1.56. The van der Waals surface area contributed by atoms with Gasteiger partial charge in [-0.2, -0.15) is 0 Å². The molecule has 0 aliphatic carbocycles. The van der Waals surface area contributed by atoms with Gasteiger partial charge in [-0.15, -0.1) is 11.3 Å². The highest BCUT2D eigenvalue weighted by atomic mass is 32.1. The Balaban J connectivity index is 2.14. The van der Waals surface area contributed by atoms with Crippen LogP contribution in [0.1, 0.15) is 23.3 Å². The van der Waals surface area contributed by atoms with Crippen molar-refractivity contribution in [3.63, 3.8) is 0 Å². The Labute approximate surface area is 132 Å². The van der Waals surface area contributed by atoms with Gasteiger partial charge in [0.05, 0.1) is 12.0 Å². The van der Waals surface area contributed by atoms with Gasteiger partial charge < -0.3 is 14.7 Å². The second-order valence-electron chi connectivity index (χ2n) is 4.48. The molecule has 1 heterocycles. The zero-order valence-corrected chi connectivity index (χ0v) is 13.0. The lowest BCUT2D eigenvalue weighted by molar-refractivity contribution is -0.137. The summed E-state index contributed by atoms with van der Waals surface area (Å²) in [6.45, 7) is 0.269. The minimum absolute atomic E-state index is 0.0724. The molecule has 0 amide bonds. The number of hydrogen-bond donors (Lipinski definition) is 1. The normalized spacial score (nSPS) is 11.2. The molecule has 0 aliphatic heterocycles. The number of benzene rings is 1. The van der Waals surface area contributed by atoms with Crippen molar-refractivity contribution in [2.45, 2.75) is 12.8 Å². The summed E-state index contributed by atoms with van der Waals surface area (Å²) in [5, 5.41) is 14.8. The van der Waals surface area contributed by atoms with Gasteiger partial charge in [-0.3, -0.25) is 4.79 Å². The van der Waals surface area contributed by atoms with Crippen molar-refractivity contribution in [3.8, 4) is 5.75 Å². The molecule has 1 N–H and O–H groups in total. The molecule has 22 heavy (non-hydrogen) atoms. The van der Waals surface area contributed by atoms with Gasteiger partial charge in [0.2, 0.25) is 0 Å². The number of hydrogen-bond acceptors (Lipinski definition) is 5. The molecule has 0 spiro atoms. The first-order valence-electron chi connectivity index (χ1n) is 6.81. The summed E-state index contributed by atoms with van der Waals surface area (Å²) in [7, 11) is 1.61. The van der Waals surface area contributed by atoms with E-state index in [2.05, 4.69) is 5.16 Å². The molecule has 0 bridgehead atoms. The number of nitrogens with zero attached hydrogens (tertiary/aromatic N) is 1. The van der Waals surface area contributed by atoms with Crippen molar-refractivity contribution in [3.05, 3.63) is 52.2 Å². The fourth-order valence-electron chi connectivity index (χ4n) is 1.82. The zero-order valence-electron chi connectivity index (χ0n) is 12.2. The van der Waals surface area contributed by atoms with Gasteiger partial charge in [0.1, 0.15) is 18.1 Å². The third kappa shape index (κ3) is 4.60. The molecule has 0 saturated carbocycles. The van der Waals surface area contributed by atoms with Crippen LogP contribution in [0.15, 0.2) is 46.9 Å². The van der Waals surface area contributed by atoms with Crippen LogP contribution in [0.3, 0.4) is 0 Å². The van der Waals surface area contributed by atoms with Crippen molar-refractivity contribution in [1.29, 1.82) is 0 Å². The highest BCUT2D eigenvalue weighted by molar-refractivity contribution is 7.12. The summed E-state index contributed by atoms with van der Waals surface area (Å²) < 4.78 is 5.23. The van der Waals surface area contributed by atoms with Gasteiger partial charge in [-0.05, 0) is 30.0 Å². The minimum atomic E-state index is -0.834. The topological polar surface area (TPSA) is 68.1 Å². The van der Waals surface area contributed by atoms with Crippen LogP contribution in [0.5, 0.6) is 5.75 Å². The lowest BCUT2D eigenvalue weighted by Crippen LogP contribution is -2.04. The van der Waals surface area contributed by atoms with Crippen LogP contribution in [-0.4, -0.2) is 30.5 Å². The minimum Gasteiger partial charge on any atom is -0.497 e. The average molecular weight is 319 g/mol. The molecule has 0 atom stereocenters. The number of rotatable bonds is 8. The van der Waals surface area contributed by atoms with Crippen LogP contribution < -0.4 is 4.74 Å². The molecule has 1 aromatic heterocycles. The number of methoxy groups -OCH3 is 1. The molecule has 2 aromatic rings. The van der Waals surface area contributed by atoms with E-state index in [1.165, 1.54) is 0 Å². The summed E-state index contributed by atoms with van der Waals surface area (Å²) in [5.41, 5.74) is 1.60. The van der Waals surface area contributed by atoms with Crippen molar-refractivity contribution in [1.82, 2.24) is 0 Å². The largest absolute Gasteiger partial charge is 0.497 e. The molecule has 6 heteroatoms. The van der Waals surface area contributed by atoms with E-state index >= 15 is 0 Å². The first-order valence-corrected chi connectivity index (χ1v) is 7.68. The van der Waals surface area contributed by atoms with Crippen molar-refractivity contribution < 1.29 is 19.5 Å². The third-order valence-corrected chi connectivity index (χ3v) is 3.76. The van der Waals surface area contributed by atoms with Gasteiger partial charge >= 0.3 is 5.97 Å². The molecule has 5 nitrogen and oxygen atoms in total. The van der Waals surface area contributed by atoms with Crippen molar-refractivity contribution in [2.24, 2.45) is 5.16 Å². The van der Waals surface area contributed by atoms with E-state index in [1.54, 1.807) is 18.4 Å². The Hall–Kier alpha value is -2.34. The SMILES string of the molecule is COc1cccc(/C(=N\OCCCC(=O)O)c2cccs2)c1. The monoisotopic (exact) mass is 319 g/mol. The Morgan fingerprint density at radius 1 is 1.32 bits per heavy atom. The number of oxime groups is 1. The predicted molar refractivity (Wildman–Crippen MR) is 85.8 cm³/mol. The summed E-state index contributed by atoms with van der Waals surface area (Å²) in [4.78, 5) is 16.7. The molecular weight excluding hydrogens is 302 g/mol. The van der Waals surface area contributed by atoms with Crippen LogP contribution in [0, 0.1) is 0 Å². The molecule has 0 saturated heterocycles. The van der Waals surface area contributed by atoms with Crippen molar-refractivity contribution >= 4 is 23.0 Å². The van der Waals surface area contributed by atoms with E-state index < -0.39 is 5.97 Å². The van der Waals surface area contributed by atoms with Crippen LogP contribution >= 0.6 is 11.3 Å². The van der Waals surface area contributed by atoms with E-state index in [0.29, 0.717) is 12.1 Å². The van der Waals surface area contributed by atoms with Crippen LogP contribution in [0.25, 0.3) is 0 Å². The predicted octanol–water partition coefficient (Wildman–Crippen LogP) is 3.39. The number of carbonyl (C=O) groups is 1. The fourth-order valence-corrected chi connectivity index (χ4v) is 2.55. The number of aliphatic carboxylic acids is 1. The number of carboxylic acid groups (broad SMARTS) is 1. The third-order valence-electron chi connectivity index (χ3n) is 2.88. The molecule has 2 rings (SSSR count). The van der Waals surface area contributed by atoms with E-state index in [-0.39, 0.29) is 13.0 Å². The zero-order chi connectivity index (χ0) is 15.8.